The number of nitrogens with zero attached hydrogens (tertiary/aromatic N) is 2. The average molecular weight is 288 g/mol. The lowest BCUT2D eigenvalue weighted by molar-refractivity contribution is 0.101. The van der Waals surface area contributed by atoms with Gasteiger partial charge in [0.2, 0.25) is 0 Å². The second kappa shape index (κ2) is 5.90. The molecule has 0 fully saturated rings. The van der Waals surface area contributed by atoms with Gasteiger partial charge in [0.1, 0.15) is 5.69 Å². The molecule has 0 spiro atoms. The monoisotopic (exact) mass is 288 g/mol. The van der Waals surface area contributed by atoms with Crippen molar-refractivity contribution >= 4 is 28.0 Å². The Labute approximate surface area is 129 Å². The normalized spacial score (nSPS) is 11.6. The first-order chi connectivity index (χ1) is 10.6. The van der Waals surface area contributed by atoms with E-state index in [4.69, 9.17) is 0 Å². The van der Waals surface area contributed by atoms with E-state index in [1.165, 1.54) is 12.3 Å². The van der Waals surface area contributed by atoms with Crippen molar-refractivity contribution in [3.05, 3.63) is 72.1 Å². The number of rotatable bonds is 3. The van der Waals surface area contributed by atoms with Crippen LogP contribution in [-0.4, -0.2) is 16.5 Å². The number of Topliss-reactive ketones (excluding diaryl/α,β-unsaturated/α-hetero) is 1. The molecule has 3 rings (SSSR count). The standard InChI is InChI=1S/C19H16N2O/c1-13(18-8-5-9-19(21-18)14(2)22)20-17-11-10-15-6-3-4-7-16(15)12-17/h3-12H,1-2H3. The maximum atomic E-state index is 11.4. The van der Waals surface area contributed by atoms with Gasteiger partial charge in [0, 0.05) is 6.92 Å². The molecule has 108 valence electrons. The number of ketones is 1. The average Bonchev–Trinajstić information content (AvgIpc) is 2.55. The molecule has 3 nitrogen and oxygen atoms in total. The zero-order chi connectivity index (χ0) is 15.5. The maximum absolute atomic E-state index is 11.4. The topological polar surface area (TPSA) is 42.3 Å². The minimum atomic E-state index is -0.0413. The Bertz CT molecular complexity index is 881. The summed E-state index contributed by atoms with van der Waals surface area (Å²) >= 11 is 0. The summed E-state index contributed by atoms with van der Waals surface area (Å²) in [5, 5.41) is 2.35. The van der Waals surface area contributed by atoms with E-state index in [9.17, 15) is 4.79 Å². The van der Waals surface area contributed by atoms with E-state index in [1.54, 1.807) is 6.07 Å². The molecule has 2 aromatic carbocycles. The summed E-state index contributed by atoms with van der Waals surface area (Å²) < 4.78 is 0. The second-order valence-corrected chi connectivity index (χ2v) is 5.19. The number of hydrogen-bond donors (Lipinski definition) is 0. The summed E-state index contributed by atoms with van der Waals surface area (Å²) in [7, 11) is 0. The largest absolute Gasteiger partial charge is 0.293 e. The molecule has 0 amide bonds. The van der Waals surface area contributed by atoms with Crippen LogP contribution in [0, 0.1) is 0 Å². The van der Waals surface area contributed by atoms with Crippen LogP contribution in [0.2, 0.25) is 0 Å². The molecule has 0 bridgehead atoms. The summed E-state index contributed by atoms with van der Waals surface area (Å²) in [6.07, 6.45) is 0. The highest BCUT2D eigenvalue weighted by molar-refractivity contribution is 6.00. The summed E-state index contributed by atoms with van der Waals surface area (Å²) in [6.45, 7) is 3.42. The minimum Gasteiger partial charge on any atom is -0.293 e. The van der Waals surface area contributed by atoms with Gasteiger partial charge in [0.25, 0.3) is 0 Å². The van der Waals surface area contributed by atoms with Gasteiger partial charge in [-0.25, -0.2) is 4.98 Å². The first kappa shape index (κ1) is 14.1. The van der Waals surface area contributed by atoms with Crippen LogP contribution in [0.4, 0.5) is 5.69 Å². The predicted octanol–water partition coefficient (Wildman–Crippen LogP) is 4.58. The molecule has 0 aliphatic rings. The van der Waals surface area contributed by atoms with E-state index in [1.807, 2.05) is 43.3 Å². The molecule has 0 radical (unpaired) electrons. The van der Waals surface area contributed by atoms with E-state index in [2.05, 4.69) is 28.2 Å². The number of carbonyl (C=O) groups excluding carboxylic acids is 1. The molecule has 0 unspecified atom stereocenters. The molecule has 0 saturated heterocycles. The molecule has 3 heteroatoms. The molecule has 3 aromatic rings. The molecule has 0 saturated carbocycles. The number of carbonyl (C=O) groups is 1. The summed E-state index contributed by atoms with van der Waals surface area (Å²) in [4.78, 5) is 20.4. The predicted molar refractivity (Wildman–Crippen MR) is 90.1 cm³/mol. The Balaban J connectivity index is 1.98. The number of hydrogen-bond acceptors (Lipinski definition) is 3. The Morgan fingerprint density at radius 3 is 2.36 bits per heavy atom. The van der Waals surface area contributed by atoms with Crippen LogP contribution >= 0.6 is 0 Å². The lowest BCUT2D eigenvalue weighted by Gasteiger charge is -2.04. The van der Waals surface area contributed by atoms with Crippen molar-refractivity contribution in [1.29, 1.82) is 0 Å². The fraction of sp³-hybridized carbons (Fsp3) is 0.105. The van der Waals surface area contributed by atoms with E-state index in [0.717, 1.165) is 22.5 Å². The summed E-state index contributed by atoms with van der Waals surface area (Å²) in [5.74, 6) is -0.0413. The third kappa shape index (κ3) is 2.93. The molecule has 1 heterocycles. The van der Waals surface area contributed by atoms with Crippen molar-refractivity contribution < 1.29 is 4.79 Å². The first-order valence-corrected chi connectivity index (χ1v) is 7.16. The van der Waals surface area contributed by atoms with Gasteiger partial charge in [-0.1, -0.05) is 36.4 Å². The van der Waals surface area contributed by atoms with Crippen LogP contribution < -0.4 is 0 Å². The SMILES string of the molecule is CC(=O)c1cccc(C(C)=Nc2ccc3ccccc3c2)n1. The molecule has 22 heavy (non-hydrogen) atoms. The maximum Gasteiger partial charge on any atom is 0.178 e. The molecular formula is C19H16N2O. The van der Waals surface area contributed by atoms with Crippen molar-refractivity contribution in [3.63, 3.8) is 0 Å². The Hall–Kier alpha value is -2.81. The van der Waals surface area contributed by atoms with Crippen LogP contribution in [0.5, 0.6) is 0 Å². The third-order valence-electron chi connectivity index (χ3n) is 3.51. The lowest BCUT2D eigenvalue weighted by Crippen LogP contribution is -2.03. The van der Waals surface area contributed by atoms with E-state index >= 15 is 0 Å². The first-order valence-electron chi connectivity index (χ1n) is 7.16. The molecular weight excluding hydrogens is 272 g/mol. The quantitative estimate of drug-likeness (QED) is 0.523. The highest BCUT2D eigenvalue weighted by atomic mass is 16.1. The van der Waals surface area contributed by atoms with Crippen molar-refractivity contribution in [3.8, 4) is 0 Å². The van der Waals surface area contributed by atoms with E-state index in [-0.39, 0.29) is 5.78 Å². The van der Waals surface area contributed by atoms with Gasteiger partial charge in [-0.15, -0.1) is 0 Å². The van der Waals surface area contributed by atoms with E-state index in [0.29, 0.717) is 5.69 Å². The Morgan fingerprint density at radius 2 is 1.59 bits per heavy atom. The smallest absolute Gasteiger partial charge is 0.178 e. The van der Waals surface area contributed by atoms with Gasteiger partial charge in [-0.3, -0.25) is 9.79 Å². The molecule has 1 aromatic heterocycles. The number of benzene rings is 2. The zero-order valence-corrected chi connectivity index (χ0v) is 12.6. The van der Waals surface area contributed by atoms with Gasteiger partial charge in [-0.05, 0) is 42.0 Å². The summed E-state index contributed by atoms with van der Waals surface area (Å²) in [5.41, 5.74) is 2.86. The van der Waals surface area contributed by atoms with Crippen LogP contribution in [0.25, 0.3) is 10.8 Å². The van der Waals surface area contributed by atoms with Gasteiger partial charge in [0.15, 0.2) is 5.78 Å². The molecule has 0 atom stereocenters. The fourth-order valence-corrected chi connectivity index (χ4v) is 2.33. The number of pyridine rings is 1. The van der Waals surface area contributed by atoms with Crippen LogP contribution in [0.1, 0.15) is 30.0 Å². The fourth-order valence-electron chi connectivity index (χ4n) is 2.33. The second-order valence-electron chi connectivity index (χ2n) is 5.19. The minimum absolute atomic E-state index is 0.0413. The Morgan fingerprint density at radius 1 is 0.864 bits per heavy atom. The number of aliphatic imine (C=N–C) groups is 1. The van der Waals surface area contributed by atoms with E-state index < -0.39 is 0 Å². The van der Waals surface area contributed by atoms with Gasteiger partial charge in [-0.2, -0.15) is 0 Å². The highest BCUT2D eigenvalue weighted by Gasteiger charge is 2.05. The summed E-state index contributed by atoms with van der Waals surface area (Å²) in [6, 6.07) is 19.7. The van der Waals surface area contributed by atoms with Crippen molar-refractivity contribution in [2.75, 3.05) is 0 Å². The number of aromatic nitrogens is 1. The third-order valence-corrected chi connectivity index (χ3v) is 3.51. The molecule has 0 aliphatic heterocycles. The Kier molecular flexibility index (Phi) is 3.79. The highest BCUT2D eigenvalue weighted by Crippen LogP contribution is 2.21. The molecule has 0 aliphatic carbocycles. The van der Waals surface area contributed by atoms with Crippen LogP contribution in [0.15, 0.2) is 65.7 Å². The van der Waals surface area contributed by atoms with Crippen molar-refractivity contribution in [2.45, 2.75) is 13.8 Å². The van der Waals surface area contributed by atoms with Crippen molar-refractivity contribution in [2.24, 2.45) is 4.99 Å². The van der Waals surface area contributed by atoms with Crippen LogP contribution in [-0.2, 0) is 0 Å². The van der Waals surface area contributed by atoms with Gasteiger partial charge < -0.3 is 0 Å². The lowest BCUT2D eigenvalue weighted by atomic mass is 10.1. The van der Waals surface area contributed by atoms with Crippen molar-refractivity contribution in [1.82, 2.24) is 4.98 Å². The van der Waals surface area contributed by atoms with Gasteiger partial charge >= 0.3 is 0 Å². The number of fused-ring (bicyclic) bond motifs is 1. The van der Waals surface area contributed by atoms with Crippen LogP contribution in [0.3, 0.4) is 0 Å². The molecule has 0 N–H and O–H groups in total. The van der Waals surface area contributed by atoms with Gasteiger partial charge in [0.05, 0.1) is 17.1 Å². The zero-order valence-electron chi connectivity index (χ0n) is 12.6.